The van der Waals surface area contributed by atoms with Crippen LogP contribution in [0.4, 0.5) is 11.4 Å². The Morgan fingerprint density at radius 1 is 1.22 bits per heavy atom. The molecule has 0 aromatic heterocycles. The van der Waals surface area contributed by atoms with Crippen LogP contribution in [0.1, 0.15) is 32.6 Å². The molecule has 2 aliphatic heterocycles. The second kappa shape index (κ2) is 7.02. The summed E-state index contributed by atoms with van der Waals surface area (Å²) < 4.78 is 0. The van der Waals surface area contributed by atoms with Crippen LogP contribution < -0.4 is 10.2 Å². The second-order valence-corrected chi connectivity index (χ2v) is 6.64. The maximum Gasteiger partial charge on any atom is 0.241 e. The highest BCUT2D eigenvalue weighted by atomic mass is 16.2. The average molecular weight is 315 g/mol. The maximum atomic E-state index is 12.2. The molecule has 1 aromatic carbocycles. The molecule has 0 aliphatic carbocycles. The Morgan fingerprint density at radius 3 is 2.65 bits per heavy atom. The highest BCUT2D eigenvalue weighted by molar-refractivity contribution is 5.95. The fourth-order valence-electron chi connectivity index (χ4n) is 3.39. The molecule has 1 atom stereocenters. The molecular weight excluding hydrogens is 290 g/mol. The molecule has 1 N–H and O–H groups in total. The first-order valence-electron chi connectivity index (χ1n) is 8.55. The Balaban J connectivity index is 1.52. The molecule has 2 heterocycles. The minimum absolute atomic E-state index is 0.162. The number of nitrogens with one attached hydrogen (secondary N) is 1. The monoisotopic (exact) mass is 315 g/mol. The van der Waals surface area contributed by atoms with Gasteiger partial charge in [-0.3, -0.25) is 9.59 Å². The number of anilines is 2. The van der Waals surface area contributed by atoms with Crippen molar-refractivity contribution in [1.82, 2.24) is 4.90 Å². The predicted octanol–water partition coefficient (Wildman–Crippen LogP) is 2.48. The summed E-state index contributed by atoms with van der Waals surface area (Å²) in [6.45, 7) is 5.08. The molecule has 0 bridgehead atoms. The van der Waals surface area contributed by atoms with E-state index in [1.165, 1.54) is 6.42 Å². The number of hydrogen-bond acceptors (Lipinski definition) is 3. The lowest BCUT2D eigenvalue weighted by molar-refractivity contribution is -0.131. The van der Waals surface area contributed by atoms with Crippen molar-refractivity contribution in [3.05, 3.63) is 24.3 Å². The lowest BCUT2D eigenvalue weighted by atomic mass is 10.0. The maximum absolute atomic E-state index is 12.2. The third kappa shape index (κ3) is 3.84. The molecule has 5 heteroatoms. The zero-order chi connectivity index (χ0) is 16.2. The van der Waals surface area contributed by atoms with Crippen molar-refractivity contribution in [1.29, 1.82) is 0 Å². The van der Waals surface area contributed by atoms with Crippen LogP contribution in [0.25, 0.3) is 0 Å². The highest BCUT2D eigenvalue weighted by Crippen LogP contribution is 2.23. The van der Waals surface area contributed by atoms with Crippen molar-refractivity contribution in [2.24, 2.45) is 5.92 Å². The molecule has 2 fully saturated rings. The molecule has 2 amide bonds. The van der Waals surface area contributed by atoms with E-state index in [1.54, 1.807) is 0 Å². The normalized spacial score (nSPS) is 21.6. The molecule has 2 saturated heterocycles. The molecule has 1 unspecified atom stereocenters. The Hall–Kier alpha value is -2.04. The summed E-state index contributed by atoms with van der Waals surface area (Å²) in [5.41, 5.74) is 1.85. The summed E-state index contributed by atoms with van der Waals surface area (Å²) >= 11 is 0. The van der Waals surface area contributed by atoms with Crippen molar-refractivity contribution in [3.8, 4) is 0 Å². The zero-order valence-corrected chi connectivity index (χ0v) is 13.8. The van der Waals surface area contributed by atoms with Gasteiger partial charge < -0.3 is 15.1 Å². The van der Waals surface area contributed by atoms with Gasteiger partial charge in [0.1, 0.15) is 0 Å². The number of carbonyl (C=O) groups excluding carboxylic acids is 2. The van der Waals surface area contributed by atoms with Crippen LogP contribution in [0.15, 0.2) is 24.3 Å². The van der Waals surface area contributed by atoms with E-state index in [-0.39, 0.29) is 11.8 Å². The van der Waals surface area contributed by atoms with Crippen LogP contribution in [0.2, 0.25) is 0 Å². The molecule has 124 valence electrons. The Labute approximate surface area is 137 Å². The third-order valence-corrected chi connectivity index (χ3v) is 4.71. The number of benzene rings is 1. The van der Waals surface area contributed by atoms with Crippen LogP contribution in [-0.2, 0) is 9.59 Å². The topological polar surface area (TPSA) is 52.7 Å². The van der Waals surface area contributed by atoms with E-state index in [4.69, 9.17) is 0 Å². The molecule has 0 spiro atoms. The van der Waals surface area contributed by atoms with Gasteiger partial charge in [-0.1, -0.05) is 6.92 Å². The van der Waals surface area contributed by atoms with Crippen LogP contribution in [0.3, 0.4) is 0 Å². The van der Waals surface area contributed by atoms with Gasteiger partial charge in [0.15, 0.2) is 0 Å². The molecule has 5 nitrogen and oxygen atoms in total. The summed E-state index contributed by atoms with van der Waals surface area (Å²) in [5, 5.41) is 3.19. The number of likely N-dealkylation sites (tertiary alicyclic amines) is 1. The first-order valence-corrected chi connectivity index (χ1v) is 8.55. The fraction of sp³-hybridized carbons (Fsp3) is 0.556. The van der Waals surface area contributed by atoms with Gasteiger partial charge in [0.25, 0.3) is 0 Å². The van der Waals surface area contributed by atoms with Gasteiger partial charge in [0, 0.05) is 37.4 Å². The standard InChI is InChI=1S/C18H25N3O2/c1-14-4-2-10-20(13-14)18(23)12-19-15-6-8-16(9-7-15)21-11-3-5-17(21)22/h6-9,14,19H,2-5,10-13H2,1H3. The fourth-order valence-corrected chi connectivity index (χ4v) is 3.39. The summed E-state index contributed by atoms with van der Waals surface area (Å²) in [6, 6.07) is 7.76. The van der Waals surface area contributed by atoms with Gasteiger partial charge in [-0.25, -0.2) is 0 Å². The summed E-state index contributed by atoms with van der Waals surface area (Å²) in [6.07, 6.45) is 3.89. The number of nitrogens with zero attached hydrogens (tertiary/aromatic N) is 2. The van der Waals surface area contributed by atoms with E-state index in [9.17, 15) is 9.59 Å². The van der Waals surface area contributed by atoms with Crippen LogP contribution >= 0.6 is 0 Å². The Morgan fingerprint density at radius 2 is 2.00 bits per heavy atom. The molecule has 0 saturated carbocycles. The number of carbonyl (C=O) groups is 2. The quantitative estimate of drug-likeness (QED) is 0.929. The van der Waals surface area contributed by atoms with E-state index >= 15 is 0 Å². The molecule has 0 radical (unpaired) electrons. The second-order valence-electron chi connectivity index (χ2n) is 6.64. The summed E-state index contributed by atoms with van der Waals surface area (Å²) in [4.78, 5) is 27.8. The molecular formula is C18H25N3O2. The van der Waals surface area contributed by atoms with Crippen LogP contribution in [0.5, 0.6) is 0 Å². The number of rotatable bonds is 4. The SMILES string of the molecule is CC1CCCN(C(=O)CNc2ccc(N3CCCC3=O)cc2)C1. The Bertz CT molecular complexity index is 570. The number of piperidine rings is 1. The molecule has 3 rings (SSSR count). The smallest absolute Gasteiger partial charge is 0.241 e. The average Bonchev–Trinajstić information content (AvgIpc) is 2.99. The van der Waals surface area contributed by atoms with Gasteiger partial charge in [-0.05, 0) is 49.4 Å². The van der Waals surface area contributed by atoms with E-state index < -0.39 is 0 Å². The van der Waals surface area contributed by atoms with Gasteiger partial charge in [0.2, 0.25) is 11.8 Å². The predicted molar refractivity (Wildman–Crippen MR) is 91.5 cm³/mol. The van der Waals surface area contributed by atoms with Gasteiger partial charge in [-0.15, -0.1) is 0 Å². The lowest BCUT2D eigenvalue weighted by Crippen LogP contribution is -2.41. The Kier molecular flexibility index (Phi) is 4.84. The van der Waals surface area contributed by atoms with Crippen molar-refractivity contribution in [2.45, 2.75) is 32.6 Å². The summed E-state index contributed by atoms with van der Waals surface area (Å²) in [5.74, 6) is 0.959. The van der Waals surface area contributed by atoms with Crippen LogP contribution in [0, 0.1) is 5.92 Å². The molecule has 1 aromatic rings. The largest absolute Gasteiger partial charge is 0.376 e. The minimum atomic E-state index is 0.162. The zero-order valence-electron chi connectivity index (χ0n) is 13.8. The first kappa shape index (κ1) is 15.8. The van der Waals surface area contributed by atoms with Crippen molar-refractivity contribution < 1.29 is 9.59 Å². The van der Waals surface area contributed by atoms with E-state index in [1.807, 2.05) is 34.1 Å². The van der Waals surface area contributed by atoms with Crippen molar-refractivity contribution >= 4 is 23.2 Å². The molecule has 23 heavy (non-hydrogen) atoms. The first-order chi connectivity index (χ1) is 11.1. The number of hydrogen-bond donors (Lipinski definition) is 1. The molecule has 2 aliphatic rings. The van der Waals surface area contributed by atoms with E-state index in [0.29, 0.717) is 18.9 Å². The van der Waals surface area contributed by atoms with Gasteiger partial charge in [0.05, 0.1) is 6.54 Å². The minimum Gasteiger partial charge on any atom is -0.376 e. The third-order valence-electron chi connectivity index (χ3n) is 4.71. The lowest BCUT2D eigenvalue weighted by Gasteiger charge is -2.31. The van der Waals surface area contributed by atoms with Gasteiger partial charge in [-0.2, -0.15) is 0 Å². The highest BCUT2D eigenvalue weighted by Gasteiger charge is 2.22. The number of amides is 2. The summed E-state index contributed by atoms with van der Waals surface area (Å²) in [7, 11) is 0. The van der Waals surface area contributed by atoms with E-state index in [2.05, 4.69) is 12.2 Å². The van der Waals surface area contributed by atoms with E-state index in [0.717, 1.165) is 43.9 Å². The van der Waals surface area contributed by atoms with Crippen molar-refractivity contribution in [3.63, 3.8) is 0 Å². The van der Waals surface area contributed by atoms with Crippen molar-refractivity contribution in [2.75, 3.05) is 36.4 Å². The van der Waals surface area contributed by atoms with Crippen LogP contribution in [-0.4, -0.2) is 42.9 Å². The van der Waals surface area contributed by atoms with Gasteiger partial charge >= 0.3 is 0 Å².